The number of fused-ring (bicyclic) bond motifs is 1. The van der Waals surface area contributed by atoms with E-state index in [2.05, 4.69) is 41.5 Å². The zero-order valence-corrected chi connectivity index (χ0v) is 12.7. The third kappa shape index (κ3) is 3.11. The molecule has 1 aromatic heterocycles. The second kappa shape index (κ2) is 5.81. The number of hydrogen-bond acceptors (Lipinski definition) is 3. The van der Waals surface area contributed by atoms with Crippen molar-refractivity contribution in [1.82, 2.24) is 4.98 Å². The van der Waals surface area contributed by atoms with Gasteiger partial charge in [0.05, 0.1) is 10.2 Å². The predicted octanol–water partition coefficient (Wildman–Crippen LogP) is 4.99. The van der Waals surface area contributed by atoms with Gasteiger partial charge in [0, 0.05) is 11.1 Å². The lowest BCUT2D eigenvalue weighted by atomic mass is 10.1. The van der Waals surface area contributed by atoms with Gasteiger partial charge in [0.1, 0.15) is 0 Å². The Morgan fingerprint density at radius 1 is 1.20 bits per heavy atom. The summed E-state index contributed by atoms with van der Waals surface area (Å²) < 4.78 is 1.12. The van der Waals surface area contributed by atoms with Crippen molar-refractivity contribution < 1.29 is 0 Å². The fraction of sp³-hybridized carbons (Fsp3) is 0.188. The maximum Gasteiger partial charge on any atom is 0.184 e. The first-order chi connectivity index (χ1) is 9.70. The minimum atomic E-state index is 0.341. The van der Waals surface area contributed by atoms with Gasteiger partial charge in [0.2, 0.25) is 0 Å². The smallest absolute Gasteiger partial charge is 0.184 e. The van der Waals surface area contributed by atoms with Gasteiger partial charge in [0.15, 0.2) is 5.13 Å². The van der Waals surface area contributed by atoms with Gasteiger partial charge in [-0.15, -0.1) is 0 Å². The Kier molecular flexibility index (Phi) is 3.90. The van der Waals surface area contributed by atoms with Crippen LogP contribution in [0.5, 0.6) is 0 Å². The summed E-state index contributed by atoms with van der Waals surface area (Å²) in [6, 6.07) is 16.6. The van der Waals surface area contributed by atoms with E-state index in [-0.39, 0.29) is 0 Å². The molecular formula is C16H15ClN2S. The van der Waals surface area contributed by atoms with E-state index in [0.717, 1.165) is 26.8 Å². The van der Waals surface area contributed by atoms with Crippen molar-refractivity contribution in [3.8, 4) is 0 Å². The third-order valence-corrected chi connectivity index (χ3v) is 4.29. The van der Waals surface area contributed by atoms with Crippen molar-refractivity contribution >= 4 is 38.3 Å². The molecule has 0 aliphatic heterocycles. The van der Waals surface area contributed by atoms with Gasteiger partial charge in [-0.3, -0.25) is 0 Å². The molecule has 2 aromatic carbocycles. The standard InChI is InChI=1S/C16H15ClN2S/c1-11(9-12-5-3-2-4-6-12)18-16-19-14-8-7-13(17)10-15(14)20-16/h2-8,10-11H,9H2,1H3,(H,18,19). The molecular weight excluding hydrogens is 288 g/mol. The molecule has 0 fully saturated rings. The first-order valence-electron chi connectivity index (χ1n) is 6.57. The minimum Gasteiger partial charge on any atom is -0.359 e. The van der Waals surface area contributed by atoms with E-state index in [4.69, 9.17) is 11.6 Å². The van der Waals surface area contributed by atoms with Crippen LogP contribution >= 0.6 is 22.9 Å². The quantitative estimate of drug-likeness (QED) is 0.734. The summed E-state index contributed by atoms with van der Waals surface area (Å²) >= 11 is 7.64. The number of nitrogens with zero attached hydrogens (tertiary/aromatic N) is 1. The lowest BCUT2D eigenvalue weighted by molar-refractivity contribution is 0.789. The molecule has 1 atom stereocenters. The second-order valence-corrected chi connectivity index (χ2v) is 6.33. The lowest BCUT2D eigenvalue weighted by Gasteiger charge is -2.12. The van der Waals surface area contributed by atoms with Crippen molar-refractivity contribution in [2.45, 2.75) is 19.4 Å². The minimum absolute atomic E-state index is 0.341. The van der Waals surface area contributed by atoms with Crippen LogP contribution < -0.4 is 5.32 Å². The predicted molar refractivity (Wildman–Crippen MR) is 87.9 cm³/mol. The molecule has 3 aromatic rings. The highest BCUT2D eigenvalue weighted by Crippen LogP contribution is 2.28. The van der Waals surface area contributed by atoms with Crippen LogP contribution in [0.2, 0.25) is 5.02 Å². The van der Waals surface area contributed by atoms with E-state index in [9.17, 15) is 0 Å². The summed E-state index contributed by atoms with van der Waals surface area (Å²) in [5, 5.41) is 5.17. The van der Waals surface area contributed by atoms with Gasteiger partial charge in [0.25, 0.3) is 0 Å². The van der Waals surface area contributed by atoms with E-state index < -0.39 is 0 Å². The summed E-state index contributed by atoms with van der Waals surface area (Å²) in [6.07, 6.45) is 0.984. The molecule has 4 heteroatoms. The van der Waals surface area contributed by atoms with Crippen LogP contribution in [0.4, 0.5) is 5.13 Å². The Hall–Kier alpha value is -1.58. The highest BCUT2D eigenvalue weighted by Gasteiger charge is 2.08. The van der Waals surface area contributed by atoms with Crippen LogP contribution in [0, 0.1) is 0 Å². The van der Waals surface area contributed by atoms with Gasteiger partial charge < -0.3 is 5.32 Å². The zero-order valence-electron chi connectivity index (χ0n) is 11.1. The first-order valence-corrected chi connectivity index (χ1v) is 7.77. The molecule has 0 aliphatic rings. The fourth-order valence-corrected chi connectivity index (χ4v) is 3.44. The molecule has 20 heavy (non-hydrogen) atoms. The molecule has 0 saturated heterocycles. The first kappa shape index (κ1) is 13.4. The average Bonchev–Trinajstić information content (AvgIpc) is 2.80. The van der Waals surface area contributed by atoms with Crippen molar-refractivity contribution in [2.75, 3.05) is 5.32 Å². The highest BCUT2D eigenvalue weighted by molar-refractivity contribution is 7.22. The van der Waals surface area contributed by atoms with Crippen molar-refractivity contribution in [3.63, 3.8) is 0 Å². The van der Waals surface area contributed by atoms with Crippen LogP contribution in [0.3, 0.4) is 0 Å². The summed E-state index contributed by atoms with van der Waals surface area (Å²) in [4.78, 5) is 4.58. The Bertz CT molecular complexity index is 709. The fourth-order valence-electron chi connectivity index (χ4n) is 2.19. The Labute approximate surface area is 127 Å². The SMILES string of the molecule is CC(Cc1ccccc1)Nc1nc2ccc(Cl)cc2s1. The largest absolute Gasteiger partial charge is 0.359 e. The molecule has 0 radical (unpaired) electrons. The van der Waals surface area contributed by atoms with Crippen LogP contribution in [-0.2, 0) is 6.42 Å². The van der Waals surface area contributed by atoms with E-state index >= 15 is 0 Å². The van der Waals surface area contributed by atoms with E-state index in [1.54, 1.807) is 11.3 Å². The molecule has 1 unspecified atom stereocenters. The number of rotatable bonds is 4. The summed E-state index contributed by atoms with van der Waals surface area (Å²) in [6.45, 7) is 2.17. The van der Waals surface area contributed by atoms with Crippen LogP contribution in [0.1, 0.15) is 12.5 Å². The molecule has 0 aliphatic carbocycles. The Morgan fingerprint density at radius 2 is 2.00 bits per heavy atom. The van der Waals surface area contributed by atoms with Gasteiger partial charge in [-0.05, 0) is 37.1 Å². The van der Waals surface area contributed by atoms with Crippen molar-refractivity contribution in [2.24, 2.45) is 0 Å². The highest BCUT2D eigenvalue weighted by atomic mass is 35.5. The normalized spacial score (nSPS) is 12.5. The van der Waals surface area contributed by atoms with Crippen molar-refractivity contribution in [3.05, 3.63) is 59.1 Å². The average molecular weight is 303 g/mol. The molecule has 0 saturated carbocycles. The number of anilines is 1. The molecule has 1 heterocycles. The molecule has 0 amide bonds. The number of aromatic nitrogens is 1. The molecule has 1 N–H and O–H groups in total. The number of halogens is 1. The summed E-state index contributed by atoms with van der Waals surface area (Å²) in [7, 11) is 0. The van der Waals surface area contributed by atoms with Gasteiger partial charge in [-0.2, -0.15) is 0 Å². The topological polar surface area (TPSA) is 24.9 Å². The lowest BCUT2D eigenvalue weighted by Crippen LogP contribution is -2.17. The Morgan fingerprint density at radius 3 is 2.80 bits per heavy atom. The number of hydrogen-bond donors (Lipinski definition) is 1. The van der Waals surface area contributed by atoms with Crippen LogP contribution in [0.15, 0.2) is 48.5 Å². The third-order valence-electron chi connectivity index (χ3n) is 3.11. The zero-order chi connectivity index (χ0) is 13.9. The molecule has 3 rings (SSSR count). The van der Waals surface area contributed by atoms with E-state index in [0.29, 0.717) is 6.04 Å². The van der Waals surface area contributed by atoms with Gasteiger partial charge in [-0.25, -0.2) is 4.98 Å². The second-order valence-electron chi connectivity index (χ2n) is 4.87. The van der Waals surface area contributed by atoms with E-state index in [1.807, 2.05) is 24.3 Å². The molecule has 0 spiro atoms. The number of benzene rings is 2. The maximum absolute atomic E-state index is 6.00. The summed E-state index contributed by atoms with van der Waals surface area (Å²) in [5.41, 5.74) is 2.32. The summed E-state index contributed by atoms with van der Waals surface area (Å²) in [5.74, 6) is 0. The number of nitrogens with one attached hydrogen (secondary N) is 1. The van der Waals surface area contributed by atoms with Crippen molar-refractivity contribution in [1.29, 1.82) is 0 Å². The monoisotopic (exact) mass is 302 g/mol. The number of thiazole rings is 1. The van der Waals surface area contributed by atoms with Crippen LogP contribution in [-0.4, -0.2) is 11.0 Å². The van der Waals surface area contributed by atoms with Gasteiger partial charge >= 0.3 is 0 Å². The van der Waals surface area contributed by atoms with E-state index in [1.165, 1.54) is 5.56 Å². The molecule has 102 valence electrons. The van der Waals surface area contributed by atoms with Crippen LogP contribution in [0.25, 0.3) is 10.2 Å². The maximum atomic E-state index is 6.00. The molecule has 2 nitrogen and oxygen atoms in total. The van der Waals surface area contributed by atoms with Gasteiger partial charge in [-0.1, -0.05) is 53.3 Å². The molecule has 0 bridgehead atoms. The Balaban J connectivity index is 1.72.